The summed E-state index contributed by atoms with van der Waals surface area (Å²) < 4.78 is 26.2. The molecule has 0 aromatic heterocycles. The molecule has 1 aliphatic rings. The van der Waals surface area contributed by atoms with Gasteiger partial charge in [-0.1, -0.05) is 55.1 Å². The first-order chi connectivity index (χ1) is 17.9. The molecule has 0 radical (unpaired) electrons. The zero-order chi connectivity index (χ0) is 28.0. The molecular formula is C25H30Cl2N4O6S. The Labute approximate surface area is 232 Å². The van der Waals surface area contributed by atoms with Crippen molar-refractivity contribution in [2.45, 2.75) is 57.7 Å². The molecule has 10 nitrogen and oxygen atoms in total. The SMILES string of the molecule is CCC(C(=O)NC1CCCC1)N(Cc1c(Cl)cccc1Cl)C(=O)CN(c1cccc([N+](=O)[O-])c1)S(C)(=O)=O. The van der Waals surface area contributed by atoms with E-state index in [0.717, 1.165) is 42.3 Å². The standard InChI is InChI=1S/C25H30Cl2N4O6S/c1-3-23(25(33)28-17-8-4-5-9-17)29(15-20-21(26)12-7-13-22(20)27)24(32)16-30(38(2,36)37)18-10-6-11-19(14-18)31(34)35/h6-7,10-14,17,23H,3-5,8-9,15-16H2,1-2H3,(H,28,33). The lowest BCUT2D eigenvalue weighted by Crippen LogP contribution is -2.53. The van der Waals surface area contributed by atoms with Gasteiger partial charge in [-0.2, -0.15) is 0 Å². The largest absolute Gasteiger partial charge is 0.352 e. The molecule has 1 aliphatic carbocycles. The Kier molecular flexibility index (Phi) is 9.97. The van der Waals surface area contributed by atoms with Gasteiger partial charge in [0.25, 0.3) is 5.69 Å². The van der Waals surface area contributed by atoms with Crippen LogP contribution in [0.2, 0.25) is 10.0 Å². The molecule has 0 saturated heterocycles. The summed E-state index contributed by atoms with van der Waals surface area (Å²) in [4.78, 5) is 39.0. The Morgan fingerprint density at radius 3 is 2.29 bits per heavy atom. The van der Waals surface area contributed by atoms with Crippen LogP contribution in [0.3, 0.4) is 0 Å². The van der Waals surface area contributed by atoms with Crippen LogP contribution >= 0.6 is 23.2 Å². The number of amides is 2. The van der Waals surface area contributed by atoms with E-state index in [1.165, 1.54) is 23.1 Å². The molecule has 2 aromatic carbocycles. The molecule has 0 heterocycles. The van der Waals surface area contributed by atoms with Crippen LogP contribution in [0.1, 0.15) is 44.6 Å². The lowest BCUT2D eigenvalue weighted by Gasteiger charge is -2.33. The van der Waals surface area contributed by atoms with Crippen molar-refractivity contribution in [3.05, 3.63) is 68.2 Å². The lowest BCUT2D eigenvalue weighted by molar-refractivity contribution is -0.384. The average Bonchev–Trinajstić information content (AvgIpc) is 3.36. The molecule has 13 heteroatoms. The van der Waals surface area contributed by atoms with Gasteiger partial charge in [0.2, 0.25) is 21.8 Å². The van der Waals surface area contributed by atoms with Crippen LogP contribution in [0.5, 0.6) is 0 Å². The first-order valence-corrected chi connectivity index (χ1v) is 14.8. The van der Waals surface area contributed by atoms with E-state index < -0.39 is 33.4 Å². The Bertz CT molecular complexity index is 1280. The number of hydrogen-bond acceptors (Lipinski definition) is 6. The van der Waals surface area contributed by atoms with Crippen molar-refractivity contribution in [2.24, 2.45) is 0 Å². The fraction of sp³-hybridized carbons (Fsp3) is 0.440. The number of non-ortho nitro benzene ring substituents is 1. The van der Waals surface area contributed by atoms with Crippen LogP contribution < -0.4 is 9.62 Å². The maximum atomic E-state index is 13.8. The number of benzene rings is 2. The monoisotopic (exact) mass is 584 g/mol. The highest BCUT2D eigenvalue weighted by Crippen LogP contribution is 2.28. The summed E-state index contributed by atoms with van der Waals surface area (Å²) in [5.74, 6) is -1.04. The molecule has 1 N–H and O–H groups in total. The summed E-state index contributed by atoms with van der Waals surface area (Å²) in [5.41, 5.74) is 0.0393. The van der Waals surface area contributed by atoms with E-state index in [9.17, 15) is 28.1 Å². The smallest absolute Gasteiger partial charge is 0.271 e. The summed E-state index contributed by atoms with van der Waals surface area (Å²) in [7, 11) is -4.04. The summed E-state index contributed by atoms with van der Waals surface area (Å²) in [6.45, 7) is 0.929. The van der Waals surface area contributed by atoms with Crippen molar-refractivity contribution in [1.82, 2.24) is 10.2 Å². The second-order valence-electron chi connectivity index (χ2n) is 9.18. The van der Waals surface area contributed by atoms with Crippen molar-refractivity contribution in [3.8, 4) is 0 Å². The quantitative estimate of drug-likeness (QED) is 0.305. The van der Waals surface area contributed by atoms with E-state index in [1.807, 2.05) is 0 Å². The molecule has 1 fully saturated rings. The van der Waals surface area contributed by atoms with Crippen LogP contribution in [0.15, 0.2) is 42.5 Å². The maximum Gasteiger partial charge on any atom is 0.271 e. The fourth-order valence-corrected chi connectivity index (χ4v) is 5.87. The van der Waals surface area contributed by atoms with Crippen molar-refractivity contribution in [1.29, 1.82) is 0 Å². The molecule has 0 bridgehead atoms. The van der Waals surface area contributed by atoms with Gasteiger partial charge in [-0.05, 0) is 37.5 Å². The van der Waals surface area contributed by atoms with Gasteiger partial charge < -0.3 is 10.2 Å². The van der Waals surface area contributed by atoms with Gasteiger partial charge in [-0.15, -0.1) is 0 Å². The van der Waals surface area contributed by atoms with Crippen molar-refractivity contribution >= 4 is 56.4 Å². The van der Waals surface area contributed by atoms with Gasteiger partial charge in [0.05, 0.1) is 16.9 Å². The normalized spacial score (nSPS) is 14.6. The van der Waals surface area contributed by atoms with E-state index in [4.69, 9.17) is 23.2 Å². The van der Waals surface area contributed by atoms with Gasteiger partial charge in [0.15, 0.2) is 0 Å². The van der Waals surface area contributed by atoms with Gasteiger partial charge in [0.1, 0.15) is 12.6 Å². The first-order valence-electron chi connectivity index (χ1n) is 12.2. The van der Waals surface area contributed by atoms with Crippen molar-refractivity contribution in [2.75, 3.05) is 17.1 Å². The summed E-state index contributed by atoms with van der Waals surface area (Å²) in [6, 6.07) is 8.94. The van der Waals surface area contributed by atoms with Crippen LogP contribution in [0.4, 0.5) is 11.4 Å². The summed E-state index contributed by atoms with van der Waals surface area (Å²) in [6.07, 6.45) is 4.86. The summed E-state index contributed by atoms with van der Waals surface area (Å²) in [5, 5.41) is 14.9. The number of nitrogens with one attached hydrogen (secondary N) is 1. The molecule has 0 aliphatic heterocycles. The number of nitro benzene ring substituents is 1. The molecule has 3 rings (SSSR count). The second kappa shape index (κ2) is 12.8. The Morgan fingerprint density at radius 1 is 1.13 bits per heavy atom. The maximum absolute atomic E-state index is 13.8. The molecule has 2 amide bonds. The number of sulfonamides is 1. The number of halogens is 2. The summed E-state index contributed by atoms with van der Waals surface area (Å²) >= 11 is 12.7. The van der Waals surface area contributed by atoms with Gasteiger partial charge in [0, 0.05) is 40.3 Å². The predicted molar refractivity (Wildman–Crippen MR) is 147 cm³/mol. The Morgan fingerprint density at radius 2 is 1.74 bits per heavy atom. The highest BCUT2D eigenvalue weighted by atomic mass is 35.5. The third-order valence-electron chi connectivity index (χ3n) is 6.49. The predicted octanol–water partition coefficient (Wildman–Crippen LogP) is 4.53. The Balaban J connectivity index is 1.99. The van der Waals surface area contributed by atoms with Crippen LogP contribution in [0.25, 0.3) is 0 Å². The zero-order valence-corrected chi connectivity index (χ0v) is 23.4. The van der Waals surface area contributed by atoms with Gasteiger partial charge >= 0.3 is 0 Å². The average molecular weight is 586 g/mol. The molecule has 1 atom stereocenters. The fourth-order valence-electron chi connectivity index (χ4n) is 4.52. The van der Waals surface area contributed by atoms with E-state index in [0.29, 0.717) is 15.6 Å². The highest BCUT2D eigenvalue weighted by Gasteiger charge is 2.34. The van der Waals surface area contributed by atoms with Crippen LogP contribution in [-0.4, -0.2) is 54.9 Å². The number of carbonyl (C=O) groups excluding carboxylic acids is 2. The highest BCUT2D eigenvalue weighted by molar-refractivity contribution is 7.92. The second-order valence-corrected chi connectivity index (χ2v) is 11.9. The van der Waals surface area contributed by atoms with Crippen LogP contribution in [0, 0.1) is 10.1 Å². The molecule has 1 saturated carbocycles. The molecule has 206 valence electrons. The number of nitro groups is 1. The zero-order valence-electron chi connectivity index (χ0n) is 21.1. The molecule has 2 aromatic rings. The first kappa shape index (κ1) is 29.7. The van der Waals surface area contributed by atoms with E-state index >= 15 is 0 Å². The van der Waals surface area contributed by atoms with Gasteiger partial charge in [-0.25, -0.2) is 8.42 Å². The molecule has 0 spiro atoms. The van der Waals surface area contributed by atoms with E-state index in [2.05, 4.69) is 5.32 Å². The third kappa shape index (κ3) is 7.36. The van der Waals surface area contributed by atoms with Crippen molar-refractivity contribution < 1.29 is 22.9 Å². The molecular weight excluding hydrogens is 555 g/mol. The van der Waals surface area contributed by atoms with E-state index in [-0.39, 0.29) is 36.3 Å². The minimum Gasteiger partial charge on any atom is -0.352 e. The Hall–Kier alpha value is -2.89. The minimum absolute atomic E-state index is 0.00906. The molecule has 1 unspecified atom stereocenters. The molecule has 38 heavy (non-hydrogen) atoms. The number of hydrogen-bond donors (Lipinski definition) is 1. The number of carbonyl (C=O) groups is 2. The van der Waals surface area contributed by atoms with Gasteiger partial charge in [-0.3, -0.25) is 24.0 Å². The lowest BCUT2D eigenvalue weighted by atomic mass is 10.1. The number of rotatable bonds is 11. The van der Waals surface area contributed by atoms with Crippen LogP contribution in [-0.2, 0) is 26.2 Å². The number of nitrogens with zero attached hydrogens (tertiary/aromatic N) is 3. The van der Waals surface area contributed by atoms with Crippen molar-refractivity contribution in [3.63, 3.8) is 0 Å². The minimum atomic E-state index is -4.04. The third-order valence-corrected chi connectivity index (χ3v) is 8.33. The van der Waals surface area contributed by atoms with E-state index in [1.54, 1.807) is 25.1 Å². The topological polar surface area (TPSA) is 130 Å². The number of anilines is 1.